The zero-order valence-corrected chi connectivity index (χ0v) is 12.6. The van der Waals surface area contributed by atoms with Gasteiger partial charge in [0.05, 0.1) is 17.9 Å². The Hall–Kier alpha value is -1.74. The summed E-state index contributed by atoms with van der Waals surface area (Å²) in [7, 11) is 0. The minimum atomic E-state index is 0.103. The van der Waals surface area contributed by atoms with Gasteiger partial charge < -0.3 is 4.74 Å². The van der Waals surface area contributed by atoms with Crippen LogP contribution in [0.3, 0.4) is 0 Å². The molecule has 0 aromatic heterocycles. The number of benzene rings is 2. The van der Waals surface area contributed by atoms with E-state index >= 15 is 0 Å². The summed E-state index contributed by atoms with van der Waals surface area (Å²) in [6, 6.07) is 15.7. The quantitative estimate of drug-likeness (QED) is 0.582. The minimum absolute atomic E-state index is 0.103. The van der Waals surface area contributed by atoms with Crippen LogP contribution in [0.15, 0.2) is 53.4 Å². The van der Waals surface area contributed by atoms with E-state index in [0.717, 1.165) is 10.5 Å². The number of ketones is 1. The Bertz CT molecular complexity index is 579. The predicted molar refractivity (Wildman–Crippen MR) is 83.8 cm³/mol. The highest BCUT2D eigenvalue weighted by atomic mass is 32.2. The summed E-state index contributed by atoms with van der Waals surface area (Å²) in [6.07, 6.45) is 0. The van der Waals surface area contributed by atoms with E-state index < -0.39 is 0 Å². The predicted octanol–water partition coefficient (Wildman–Crippen LogP) is 4.37. The van der Waals surface area contributed by atoms with Gasteiger partial charge in [0.2, 0.25) is 0 Å². The summed E-state index contributed by atoms with van der Waals surface area (Å²) < 4.78 is 5.54. The lowest BCUT2D eigenvalue weighted by Gasteiger charge is -2.10. The van der Waals surface area contributed by atoms with Crippen LogP contribution in [0.5, 0.6) is 5.75 Å². The van der Waals surface area contributed by atoms with E-state index in [1.807, 2.05) is 62.4 Å². The first-order valence-corrected chi connectivity index (χ1v) is 7.63. The van der Waals surface area contributed by atoms with Gasteiger partial charge in [-0.25, -0.2) is 0 Å². The van der Waals surface area contributed by atoms with Crippen molar-refractivity contribution in [3.8, 4) is 5.75 Å². The molecule has 0 amide bonds. The Kier molecular flexibility index (Phi) is 5.24. The molecule has 0 radical (unpaired) electrons. The molecular formula is C17H18O2S. The molecule has 0 saturated heterocycles. The van der Waals surface area contributed by atoms with Crippen LogP contribution in [0, 0.1) is 6.92 Å². The largest absolute Gasteiger partial charge is 0.493 e. The van der Waals surface area contributed by atoms with E-state index in [4.69, 9.17) is 4.74 Å². The van der Waals surface area contributed by atoms with E-state index in [1.165, 1.54) is 0 Å². The van der Waals surface area contributed by atoms with E-state index in [2.05, 4.69) is 0 Å². The maximum absolute atomic E-state index is 12.4. The number of Topliss-reactive ketones (excluding diaryl/α,β-unsaturated/α-hetero) is 1. The number of ether oxygens (including phenoxy) is 1. The van der Waals surface area contributed by atoms with Gasteiger partial charge in [-0.2, -0.15) is 0 Å². The fourth-order valence-electron chi connectivity index (χ4n) is 1.89. The molecule has 2 aromatic rings. The van der Waals surface area contributed by atoms with Crippen LogP contribution in [0.1, 0.15) is 22.8 Å². The smallest absolute Gasteiger partial charge is 0.176 e. The average Bonchev–Trinajstić information content (AvgIpc) is 2.48. The average molecular weight is 286 g/mol. The maximum atomic E-state index is 12.4. The maximum Gasteiger partial charge on any atom is 0.176 e. The molecule has 104 valence electrons. The zero-order valence-electron chi connectivity index (χ0n) is 11.8. The van der Waals surface area contributed by atoms with Crippen molar-refractivity contribution < 1.29 is 9.53 Å². The number of carbonyl (C=O) groups excluding carboxylic acids is 1. The lowest BCUT2D eigenvalue weighted by molar-refractivity contribution is 0.101. The van der Waals surface area contributed by atoms with Gasteiger partial charge in [-0.1, -0.05) is 29.8 Å². The summed E-state index contributed by atoms with van der Waals surface area (Å²) in [5, 5.41) is 0. The SMILES string of the molecule is CCOc1ccc(C)cc1C(=O)CSc1ccccc1. The van der Waals surface area contributed by atoms with Gasteiger partial charge in [0, 0.05) is 4.90 Å². The topological polar surface area (TPSA) is 26.3 Å². The molecule has 0 spiro atoms. The molecule has 0 N–H and O–H groups in total. The minimum Gasteiger partial charge on any atom is -0.493 e. The number of aryl methyl sites for hydroxylation is 1. The highest BCUT2D eigenvalue weighted by molar-refractivity contribution is 8.00. The first-order valence-electron chi connectivity index (χ1n) is 6.65. The Morgan fingerprint density at radius 3 is 2.60 bits per heavy atom. The Morgan fingerprint density at radius 2 is 1.90 bits per heavy atom. The monoisotopic (exact) mass is 286 g/mol. The van der Waals surface area contributed by atoms with Crippen molar-refractivity contribution in [1.82, 2.24) is 0 Å². The standard InChI is InChI=1S/C17H18O2S/c1-3-19-17-10-9-13(2)11-15(17)16(18)12-20-14-7-5-4-6-8-14/h4-11H,3,12H2,1-2H3. The van der Waals surface area contributed by atoms with Crippen LogP contribution in [-0.4, -0.2) is 18.1 Å². The number of carbonyl (C=O) groups is 1. The highest BCUT2D eigenvalue weighted by Gasteiger charge is 2.13. The molecule has 2 rings (SSSR count). The fourth-order valence-corrected chi connectivity index (χ4v) is 2.69. The van der Waals surface area contributed by atoms with E-state index in [-0.39, 0.29) is 5.78 Å². The van der Waals surface area contributed by atoms with Crippen molar-refractivity contribution in [3.05, 3.63) is 59.7 Å². The molecule has 0 atom stereocenters. The van der Waals surface area contributed by atoms with Gasteiger partial charge in [0.15, 0.2) is 5.78 Å². The van der Waals surface area contributed by atoms with Crippen LogP contribution >= 0.6 is 11.8 Å². The second kappa shape index (κ2) is 7.15. The second-order valence-electron chi connectivity index (χ2n) is 4.46. The fraction of sp³-hybridized carbons (Fsp3) is 0.235. The first-order chi connectivity index (χ1) is 9.70. The van der Waals surface area contributed by atoms with Crippen LogP contribution < -0.4 is 4.74 Å². The molecule has 0 aliphatic rings. The van der Waals surface area contributed by atoms with Crippen molar-refractivity contribution in [2.75, 3.05) is 12.4 Å². The van der Waals surface area contributed by atoms with Gasteiger partial charge in [0.1, 0.15) is 5.75 Å². The molecule has 0 heterocycles. The van der Waals surface area contributed by atoms with Crippen LogP contribution in [-0.2, 0) is 0 Å². The van der Waals surface area contributed by atoms with Crippen molar-refractivity contribution in [3.63, 3.8) is 0 Å². The Labute approximate surface area is 124 Å². The van der Waals surface area contributed by atoms with Crippen LogP contribution in [0.25, 0.3) is 0 Å². The van der Waals surface area contributed by atoms with Crippen molar-refractivity contribution in [2.45, 2.75) is 18.7 Å². The number of hydrogen-bond acceptors (Lipinski definition) is 3. The number of rotatable bonds is 6. The van der Waals surface area contributed by atoms with Crippen molar-refractivity contribution in [2.24, 2.45) is 0 Å². The molecule has 0 unspecified atom stereocenters. The number of hydrogen-bond donors (Lipinski definition) is 0. The third-order valence-corrected chi connectivity index (χ3v) is 3.86. The number of thioether (sulfide) groups is 1. The summed E-state index contributed by atoms with van der Waals surface area (Å²) in [6.45, 7) is 4.47. The van der Waals surface area contributed by atoms with Crippen molar-refractivity contribution in [1.29, 1.82) is 0 Å². The lowest BCUT2D eigenvalue weighted by atomic mass is 10.1. The van der Waals surface area contributed by atoms with E-state index in [1.54, 1.807) is 11.8 Å². The summed E-state index contributed by atoms with van der Waals surface area (Å²) in [5.41, 5.74) is 1.75. The second-order valence-corrected chi connectivity index (χ2v) is 5.51. The van der Waals surface area contributed by atoms with Gasteiger partial charge in [-0.3, -0.25) is 4.79 Å². The molecule has 0 bridgehead atoms. The van der Waals surface area contributed by atoms with E-state index in [0.29, 0.717) is 23.7 Å². The molecule has 2 aromatic carbocycles. The summed E-state index contributed by atoms with van der Waals surface area (Å²) in [5.74, 6) is 1.20. The van der Waals surface area contributed by atoms with Gasteiger partial charge in [-0.05, 0) is 38.1 Å². The van der Waals surface area contributed by atoms with Gasteiger partial charge in [0.25, 0.3) is 0 Å². The molecule has 0 aliphatic carbocycles. The van der Waals surface area contributed by atoms with E-state index in [9.17, 15) is 4.79 Å². The summed E-state index contributed by atoms with van der Waals surface area (Å²) in [4.78, 5) is 13.5. The zero-order chi connectivity index (χ0) is 14.4. The van der Waals surface area contributed by atoms with Crippen molar-refractivity contribution >= 4 is 17.5 Å². The first kappa shape index (κ1) is 14.7. The third-order valence-electron chi connectivity index (χ3n) is 2.85. The molecule has 20 heavy (non-hydrogen) atoms. The molecule has 0 saturated carbocycles. The lowest BCUT2D eigenvalue weighted by Crippen LogP contribution is -2.06. The third kappa shape index (κ3) is 3.87. The normalized spacial score (nSPS) is 10.3. The van der Waals surface area contributed by atoms with Gasteiger partial charge >= 0.3 is 0 Å². The Balaban J connectivity index is 2.10. The van der Waals surface area contributed by atoms with Gasteiger partial charge in [-0.15, -0.1) is 11.8 Å². The molecular weight excluding hydrogens is 268 g/mol. The highest BCUT2D eigenvalue weighted by Crippen LogP contribution is 2.24. The molecule has 0 fully saturated rings. The Morgan fingerprint density at radius 1 is 1.15 bits per heavy atom. The molecule has 3 heteroatoms. The molecule has 0 aliphatic heterocycles. The van der Waals surface area contributed by atoms with Crippen LogP contribution in [0.2, 0.25) is 0 Å². The molecule has 2 nitrogen and oxygen atoms in total. The van der Waals surface area contributed by atoms with Crippen LogP contribution in [0.4, 0.5) is 0 Å². The summed E-state index contributed by atoms with van der Waals surface area (Å²) >= 11 is 1.55.